The van der Waals surface area contributed by atoms with Crippen molar-refractivity contribution in [3.63, 3.8) is 0 Å². The average Bonchev–Trinajstić information content (AvgIpc) is 3.24. The minimum atomic E-state index is -0.498. The number of likely N-dealkylation sites (N-methyl/N-ethyl adjacent to an activating group) is 1. The molecule has 0 bridgehead atoms. The average molecular weight is 355 g/mol. The van der Waals surface area contributed by atoms with Gasteiger partial charge in [0.05, 0.1) is 19.4 Å². The Labute approximate surface area is 143 Å². The fourth-order valence-electron chi connectivity index (χ4n) is 2.58. The zero-order valence-corrected chi connectivity index (χ0v) is 14.9. The third-order valence-electron chi connectivity index (χ3n) is 3.68. The molecule has 1 aliphatic rings. The second kappa shape index (κ2) is 7.29. The van der Waals surface area contributed by atoms with E-state index in [9.17, 15) is 5.21 Å². The summed E-state index contributed by atoms with van der Waals surface area (Å²) in [4.78, 5) is 2.02. The second-order valence-corrected chi connectivity index (χ2v) is 7.95. The van der Waals surface area contributed by atoms with Gasteiger partial charge < -0.3 is 9.62 Å². The largest absolute Gasteiger partial charge is 0.623 e. The molecule has 1 aliphatic heterocycles. The molecule has 2 aromatic rings. The lowest BCUT2D eigenvalue weighted by Crippen LogP contribution is -2.55. The Balaban J connectivity index is 1.72. The maximum atomic E-state index is 13.4. The maximum absolute atomic E-state index is 13.4. The van der Waals surface area contributed by atoms with Gasteiger partial charge in [0, 0.05) is 5.75 Å². The molecule has 3 heterocycles. The van der Waals surface area contributed by atoms with Crippen LogP contribution in [0.3, 0.4) is 0 Å². The van der Waals surface area contributed by atoms with Crippen LogP contribution < -0.4 is 9.96 Å². The van der Waals surface area contributed by atoms with Crippen LogP contribution in [0.5, 0.6) is 0 Å². The Morgan fingerprint density at radius 1 is 1.57 bits per heavy atom. The number of hydroxylamine groups is 2. The van der Waals surface area contributed by atoms with Crippen molar-refractivity contribution < 1.29 is 4.42 Å². The van der Waals surface area contributed by atoms with Crippen LogP contribution in [0, 0.1) is 5.21 Å². The molecule has 0 aromatic carbocycles. The summed E-state index contributed by atoms with van der Waals surface area (Å²) in [6.07, 6.45) is 2.44. The first kappa shape index (κ1) is 16.9. The van der Waals surface area contributed by atoms with Gasteiger partial charge in [-0.05, 0) is 36.9 Å². The molecule has 1 N–H and O–H groups in total. The Hall–Kier alpha value is -0.970. The summed E-state index contributed by atoms with van der Waals surface area (Å²) in [5.74, 6) is 1.82. The Bertz CT molecular complexity index is 620. The zero-order valence-electron chi connectivity index (χ0n) is 13.3. The van der Waals surface area contributed by atoms with Crippen molar-refractivity contribution in [3.05, 3.63) is 29.4 Å². The highest BCUT2D eigenvalue weighted by molar-refractivity contribution is 8.01. The fraction of sp³-hybridized carbons (Fsp3) is 0.571. The van der Waals surface area contributed by atoms with Gasteiger partial charge in [-0.2, -0.15) is 0 Å². The lowest BCUT2D eigenvalue weighted by atomic mass is 10.4. The van der Waals surface area contributed by atoms with Crippen molar-refractivity contribution >= 4 is 28.2 Å². The molecule has 2 unspecified atom stereocenters. The van der Waals surface area contributed by atoms with Crippen molar-refractivity contribution in [3.8, 4) is 0 Å². The van der Waals surface area contributed by atoms with Gasteiger partial charge in [0.25, 0.3) is 0 Å². The number of hydrogen-bond acceptors (Lipinski definition) is 8. The molecule has 3 rings (SSSR count). The summed E-state index contributed by atoms with van der Waals surface area (Å²) in [6.45, 7) is 3.70. The number of nitrogens with one attached hydrogen (secondary N) is 1. The van der Waals surface area contributed by atoms with Gasteiger partial charge >= 0.3 is 5.13 Å². The van der Waals surface area contributed by atoms with E-state index in [0.29, 0.717) is 24.9 Å². The number of furan rings is 1. The molecule has 1 saturated heterocycles. The van der Waals surface area contributed by atoms with Crippen molar-refractivity contribution in [2.45, 2.75) is 30.4 Å². The topological polar surface area (TPSA) is 77.2 Å². The quantitative estimate of drug-likeness (QED) is 0.464. The molecule has 7 nitrogen and oxygen atoms in total. The van der Waals surface area contributed by atoms with E-state index in [1.807, 2.05) is 24.1 Å². The van der Waals surface area contributed by atoms with E-state index in [1.54, 1.807) is 18.0 Å². The molecular formula is C14H21N5O2S2. The van der Waals surface area contributed by atoms with E-state index in [1.165, 1.54) is 11.3 Å². The summed E-state index contributed by atoms with van der Waals surface area (Å²) in [6, 6.07) is 3.74. The van der Waals surface area contributed by atoms with Gasteiger partial charge in [-0.25, -0.2) is 0 Å². The van der Waals surface area contributed by atoms with Crippen LogP contribution in [0.4, 0.5) is 5.13 Å². The van der Waals surface area contributed by atoms with E-state index in [-0.39, 0.29) is 6.17 Å². The van der Waals surface area contributed by atoms with E-state index in [4.69, 9.17) is 4.42 Å². The molecule has 0 aliphatic carbocycles. The molecule has 1 fully saturated rings. The summed E-state index contributed by atoms with van der Waals surface area (Å²) in [5, 5.41) is 25.6. The van der Waals surface area contributed by atoms with Crippen molar-refractivity contribution in [1.82, 2.24) is 25.1 Å². The van der Waals surface area contributed by atoms with Gasteiger partial charge in [-0.3, -0.25) is 14.9 Å². The number of quaternary nitrogens is 1. The molecule has 0 spiro atoms. The standard InChI is InChI=1S/C14H21N5O2S2/c1-3-7-22-14-17-16-13(23-14)19(20)10-18(2)9-12(19)15-8-11-5-4-6-21-11/h4-6,12,15H,3,7-10H2,1-2H3. The Kier molecular flexibility index (Phi) is 5.34. The molecule has 0 amide bonds. The maximum Gasteiger partial charge on any atom is 0.309 e. The predicted molar refractivity (Wildman–Crippen MR) is 92.9 cm³/mol. The molecule has 126 valence electrons. The van der Waals surface area contributed by atoms with Crippen LogP contribution in [0.1, 0.15) is 19.1 Å². The molecule has 2 aromatic heterocycles. The van der Waals surface area contributed by atoms with Crippen LogP contribution in [0.25, 0.3) is 0 Å². The summed E-state index contributed by atoms with van der Waals surface area (Å²) >= 11 is 3.07. The predicted octanol–water partition coefficient (Wildman–Crippen LogP) is 2.46. The summed E-state index contributed by atoms with van der Waals surface area (Å²) in [5.41, 5.74) is 0. The van der Waals surface area contributed by atoms with Crippen LogP contribution in [-0.2, 0) is 6.54 Å². The normalized spacial score (nSPS) is 25.3. The zero-order chi connectivity index (χ0) is 16.3. The molecular weight excluding hydrogens is 334 g/mol. The van der Waals surface area contributed by atoms with Gasteiger partial charge in [-0.15, -0.1) is 5.10 Å². The minimum Gasteiger partial charge on any atom is -0.623 e. The lowest BCUT2D eigenvalue weighted by Gasteiger charge is -2.39. The van der Waals surface area contributed by atoms with E-state index in [0.717, 1.165) is 22.3 Å². The van der Waals surface area contributed by atoms with E-state index >= 15 is 0 Å². The van der Waals surface area contributed by atoms with Crippen LogP contribution >= 0.6 is 23.1 Å². The number of nitrogens with zero attached hydrogens (tertiary/aromatic N) is 4. The number of hydrogen-bond donors (Lipinski definition) is 1. The third kappa shape index (κ3) is 3.76. The highest BCUT2D eigenvalue weighted by Crippen LogP contribution is 2.35. The fourth-order valence-corrected chi connectivity index (χ4v) is 4.43. The van der Waals surface area contributed by atoms with Crippen LogP contribution in [0.15, 0.2) is 27.2 Å². The molecule has 9 heteroatoms. The van der Waals surface area contributed by atoms with Crippen molar-refractivity contribution in [2.75, 3.05) is 26.0 Å². The summed E-state index contributed by atoms with van der Waals surface area (Å²) < 4.78 is 5.70. The van der Waals surface area contributed by atoms with E-state index < -0.39 is 4.65 Å². The first-order valence-corrected chi connectivity index (χ1v) is 9.42. The van der Waals surface area contributed by atoms with Gasteiger partial charge in [0.2, 0.25) is 0 Å². The van der Waals surface area contributed by atoms with Crippen LogP contribution in [-0.4, -0.2) is 47.3 Å². The second-order valence-electron chi connectivity index (χ2n) is 5.65. The lowest BCUT2D eigenvalue weighted by molar-refractivity contribution is 0.281. The van der Waals surface area contributed by atoms with Crippen molar-refractivity contribution in [1.29, 1.82) is 0 Å². The number of aromatic nitrogens is 2. The first-order chi connectivity index (χ1) is 11.1. The Morgan fingerprint density at radius 2 is 2.43 bits per heavy atom. The highest BCUT2D eigenvalue weighted by atomic mass is 32.2. The van der Waals surface area contributed by atoms with Gasteiger partial charge in [0.1, 0.15) is 12.4 Å². The monoisotopic (exact) mass is 355 g/mol. The summed E-state index contributed by atoms with van der Waals surface area (Å²) in [7, 11) is 1.95. The molecule has 0 radical (unpaired) electrons. The molecule has 2 atom stereocenters. The SMILES string of the molecule is CCCSc1nnc([N+]2([O-])CN(C)CC2NCc2ccco2)s1. The van der Waals surface area contributed by atoms with Gasteiger partial charge in [-0.1, -0.05) is 23.8 Å². The Morgan fingerprint density at radius 3 is 3.17 bits per heavy atom. The number of rotatable bonds is 7. The van der Waals surface area contributed by atoms with Gasteiger partial charge in [0.15, 0.2) is 10.5 Å². The smallest absolute Gasteiger partial charge is 0.309 e. The highest BCUT2D eigenvalue weighted by Gasteiger charge is 2.42. The van der Waals surface area contributed by atoms with Crippen LogP contribution in [0.2, 0.25) is 0 Å². The minimum absolute atomic E-state index is 0.276. The molecule has 23 heavy (non-hydrogen) atoms. The van der Waals surface area contributed by atoms with Crippen molar-refractivity contribution in [2.24, 2.45) is 0 Å². The number of thioether (sulfide) groups is 1. The third-order valence-corrected chi connectivity index (χ3v) is 6.05. The van der Waals surface area contributed by atoms with E-state index in [2.05, 4.69) is 22.4 Å². The first-order valence-electron chi connectivity index (χ1n) is 7.61. The molecule has 0 saturated carbocycles.